The number of fused-ring (bicyclic) bond motifs is 1. The fourth-order valence-corrected chi connectivity index (χ4v) is 3.70. The summed E-state index contributed by atoms with van der Waals surface area (Å²) in [5, 5.41) is 20.7. The highest BCUT2D eigenvalue weighted by atomic mass is 35.5. The Morgan fingerprint density at radius 2 is 2.08 bits per heavy atom. The number of carbonyl (C=O) groups excluding carboxylic acids is 1. The fraction of sp³-hybridized carbons (Fsp3) is 0.389. The summed E-state index contributed by atoms with van der Waals surface area (Å²) >= 11 is 11.8. The molecule has 0 amide bonds. The van der Waals surface area contributed by atoms with Gasteiger partial charge in [0.2, 0.25) is 0 Å². The lowest BCUT2D eigenvalue weighted by Gasteiger charge is -2.38. The molecule has 8 heteroatoms. The number of ketones is 1. The third-order valence-electron chi connectivity index (χ3n) is 4.73. The molecule has 0 spiro atoms. The van der Waals surface area contributed by atoms with E-state index in [0.29, 0.717) is 15.7 Å². The Kier molecular flexibility index (Phi) is 5.30. The number of rotatable bonds is 5. The SMILES string of the molecule is O=C(CCc1ncc(Cl)cc1Cl)[C@]1(F)CC[C@@](O)(CO)c2ncccc21. The number of hydrogen-bond acceptors (Lipinski definition) is 5. The monoisotopic (exact) mass is 398 g/mol. The van der Waals surface area contributed by atoms with Gasteiger partial charge in [-0.05, 0) is 31.4 Å². The maximum absolute atomic E-state index is 15.6. The van der Waals surface area contributed by atoms with Crippen molar-refractivity contribution in [1.82, 2.24) is 9.97 Å². The molecule has 3 rings (SSSR count). The van der Waals surface area contributed by atoms with Crippen LogP contribution in [0.4, 0.5) is 4.39 Å². The number of halogens is 3. The Bertz CT molecular complexity index is 851. The molecule has 2 N–H and O–H groups in total. The van der Waals surface area contributed by atoms with Gasteiger partial charge in [-0.15, -0.1) is 0 Å². The van der Waals surface area contributed by atoms with E-state index >= 15 is 4.39 Å². The lowest BCUT2D eigenvalue weighted by atomic mass is 9.72. The minimum absolute atomic E-state index is 0.00274. The van der Waals surface area contributed by atoms with Gasteiger partial charge in [0.15, 0.2) is 11.5 Å². The second kappa shape index (κ2) is 7.19. The summed E-state index contributed by atoms with van der Waals surface area (Å²) in [6.45, 7) is -0.592. The van der Waals surface area contributed by atoms with E-state index in [9.17, 15) is 15.0 Å². The van der Waals surface area contributed by atoms with Crippen molar-refractivity contribution in [2.75, 3.05) is 6.61 Å². The second-order valence-electron chi connectivity index (χ2n) is 6.40. The van der Waals surface area contributed by atoms with E-state index < -0.39 is 23.7 Å². The molecule has 26 heavy (non-hydrogen) atoms. The van der Waals surface area contributed by atoms with Crippen molar-refractivity contribution in [3.63, 3.8) is 0 Å². The van der Waals surface area contributed by atoms with Crippen LogP contribution in [0.3, 0.4) is 0 Å². The first-order valence-corrected chi connectivity index (χ1v) is 8.87. The van der Waals surface area contributed by atoms with E-state index in [2.05, 4.69) is 9.97 Å². The molecule has 2 atom stereocenters. The quantitative estimate of drug-likeness (QED) is 0.807. The van der Waals surface area contributed by atoms with Crippen LogP contribution >= 0.6 is 23.2 Å². The normalized spacial score (nSPS) is 25.0. The van der Waals surface area contributed by atoms with Crippen LogP contribution in [0.2, 0.25) is 10.0 Å². The Balaban J connectivity index is 1.85. The fourth-order valence-electron chi connectivity index (χ4n) is 3.23. The van der Waals surface area contributed by atoms with Crippen LogP contribution in [0.5, 0.6) is 0 Å². The van der Waals surface area contributed by atoms with E-state index in [0.717, 1.165) is 0 Å². The standard InChI is InChI=1S/C18H17Cl2FN2O3/c19-11-8-13(20)14(23-9-11)3-4-15(25)18(21)6-5-17(26,10-24)16-12(18)2-1-7-22-16/h1-2,7-9,24,26H,3-6,10H2/t17-,18+/m1/s1. The topological polar surface area (TPSA) is 83.3 Å². The molecule has 0 saturated heterocycles. The smallest absolute Gasteiger partial charge is 0.195 e. The van der Waals surface area contributed by atoms with E-state index in [4.69, 9.17) is 23.2 Å². The van der Waals surface area contributed by atoms with Crippen molar-refractivity contribution in [2.45, 2.75) is 37.0 Å². The largest absolute Gasteiger partial charge is 0.393 e. The summed E-state index contributed by atoms with van der Waals surface area (Å²) in [5.74, 6) is -0.639. The Labute approximate surface area is 159 Å². The molecular weight excluding hydrogens is 382 g/mol. The van der Waals surface area contributed by atoms with Crippen molar-refractivity contribution < 1.29 is 19.4 Å². The second-order valence-corrected chi connectivity index (χ2v) is 7.24. The summed E-state index contributed by atoms with van der Waals surface area (Å²) in [4.78, 5) is 20.8. The number of aryl methyl sites for hydroxylation is 1. The molecule has 0 radical (unpaired) electrons. The van der Waals surface area contributed by atoms with Gasteiger partial charge in [-0.2, -0.15) is 0 Å². The number of alkyl halides is 1. The predicted octanol–water partition coefficient (Wildman–Crippen LogP) is 3.12. The Morgan fingerprint density at radius 3 is 2.77 bits per heavy atom. The minimum Gasteiger partial charge on any atom is -0.393 e. The van der Waals surface area contributed by atoms with Gasteiger partial charge in [0.05, 0.1) is 28.0 Å². The van der Waals surface area contributed by atoms with Gasteiger partial charge < -0.3 is 10.2 Å². The summed E-state index contributed by atoms with van der Waals surface area (Å²) in [6, 6.07) is 4.44. The first kappa shape index (κ1) is 19.2. The van der Waals surface area contributed by atoms with Gasteiger partial charge in [-0.25, -0.2) is 4.39 Å². The summed E-state index contributed by atoms with van der Waals surface area (Å²) in [6.07, 6.45) is 2.53. The molecule has 2 aromatic rings. The first-order chi connectivity index (χ1) is 12.3. The number of Topliss-reactive ketones (excluding diaryl/α,β-unsaturated/α-hetero) is 1. The number of aromatic nitrogens is 2. The molecule has 1 aliphatic rings. The molecule has 1 aliphatic carbocycles. The van der Waals surface area contributed by atoms with E-state index in [1.54, 1.807) is 0 Å². The highest BCUT2D eigenvalue weighted by molar-refractivity contribution is 6.34. The number of nitrogens with zero attached hydrogens (tertiary/aromatic N) is 2. The average Bonchev–Trinajstić information content (AvgIpc) is 2.64. The van der Waals surface area contributed by atoms with Crippen LogP contribution in [-0.2, 0) is 22.5 Å². The van der Waals surface area contributed by atoms with Crippen LogP contribution < -0.4 is 0 Å². The zero-order valence-corrected chi connectivity index (χ0v) is 15.3. The van der Waals surface area contributed by atoms with Crippen LogP contribution in [0.25, 0.3) is 0 Å². The predicted molar refractivity (Wildman–Crippen MR) is 94.8 cm³/mol. The maximum Gasteiger partial charge on any atom is 0.195 e. The Morgan fingerprint density at radius 1 is 1.31 bits per heavy atom. The van der Waals surface area contributed by atoms with Crippen LogP contribution in [0, 0.1) is 0 Å². The zero-order chi connectivity index (χ0) is 18.9. The molecule has 0 aromatic carbocycles. The van der Waals surface area contributed by atoms with Crippen molar-refractivity contribution in [2.24, 2.45) is 0 Å². The summed E-state index contributed by atoms with van der Waals surface area (Å²) in [5.41, 5.74) is -3.45. The van der Waals surface area contributed by atoms with Gasteiger partial charge in [-0.3, -0.25) is 14.8 Å². The summed E-state index contributed by atoms with van der Waals surface area (Å²) in [7, 11) is 0. The average molecular weight is 399 g/mol. The van der Waals surface area contributed by atoms with Gasteiger partial charge in [0, 0.05) is 24.4 Å². The number of hydrogen-bond donors (Lipinski definition) is 2. The molecule has 2 aromatic heterocycles. The maximum atomic E-state index is 15.6. The van der Waals surface area contributed by atoms with Gasteiger partial charge in [-0.1, -0.05) is 29.3 Å². The third-order valence-corrected chi connectivity index (χ3v) is 5.27. The van der Waals surface area contributed by atoms with Crippen molar-refractivity contribution in [1.29, 1.82) is 0 Å². The highest BCUT2D eigenvalue weighted by Gasteiger charge is 2.51. The van der Waals surface area contributed by atoms with E-state index in [1.807, 2.05) is 0 Å². The van der Waals surface area contributed by atoms with Crippen LogP contribution in [0.15, 0.2) is 30.6 Å². The molecular formula is C18H17Cl2FN2O3. The first-order valence-electron chi connectivity index (χ1n) is 8.11. The minimum atomic E-state index is -2.27. The molecule has 0 aliphatic heterocycles. The molecule has 2 heterocycles. The number of pyridine rings is 2. The number of aliphatic hydroxyl groups excluding tert-OH is 1. The number of carbonyl (C=O) groups is 1. The zero-order valence-electron chi connectivity index (χ0n) is 13.8. The van der Waals surface area contributed by atoms with Gasteiger partial charge >= 0.3 is 0 Å². The van der Waals surface area contributed by atoms with E-state index in [1.165, 1.54) is 30.6 Å². The van der Waals surface area contributed by atoms with Crippen molar-refractivity contribution >= 4 is 29.0 Å². The van der Waals surface area contributed by atoms with Crippen LogP contribution in [-0.4, -0.2) is 32.6 Å². The lowest BCUT2D eigenvalue weighted by Crippen LogP contribution is -2.45. The molecule has 0 bridgehead atoms. The molecule has 5 nitrogen and oxygen atoms in total. The molecule has 0 unspecified atom stereocenters. The molecule has 0 fully saturated rings. The summed E-state index contributed by atoms with van der Waals surface area (Å²) < 4.78 is 15.6. The lowest BCUT2D eigenvalue weighted by molar-refractivity contribution is -0.135. The molecule has 138 valence electrons. The Hall–Kier alpha value is -1.60. The third kappa shape index (κ3) is 3.34. The van der Waals surface area contributed by atoms with Crippen molar-refractivity contribution in [3.05, 3.63) is 57.6 Å². The van der Waals surface area contributed by atoms with E-state index in [-0.39, 0.29) is 36.9 Å². The highest BCUT2D eigenvalue weighted by Crippen LogP contribution is 2.46. The van der Waals surface area contributed by atoms with Gasteiger partial charge in [0.1, 0.15) is 5.60 Å². The number of aliphatic hydroxyl groups is 2. The van der Waals surface area contributed by atoms with Crippen LogP contribution in [0.1, 0.15) is 36.2 Å². The molecule has 0 saturated carbocycles. The van der Waals surface area contributed by atoms with Crippen molar-refractivity contribution in [3.8, 4) is 0 Å². The van der Waals surface area contributed by atoms with Gasteiger partial charge in [0.25, 0.3) is 0 Å².